The van der Waals surface area contributed by atoms with E-state index in [1.54, 1.807) is 18.3 Å². The van der Waals surface area contributed by atoms with E-state index in [1.807, 2.05) is 10.9 Å². The number of pyridine rings is 1. The zero-order valence-corrected chi connectivity index (χ0v) is 12.9. The molecule has 0 saturated heterocycles. The molecule has 2 aromatic rings. The molecule has 0 N–H and O–H groups in total. The van der Waals surface area contributed by atoms with Crippen LogP contribution in [-0.4, -0.2) is 38.4 Å². The van der Waals surface area contributed by atoms with Crippen LogP contribution in [0.4, 0.5) is 0 Å². The van der Waals surface area contributed by atoms with Crippen LogP contribution in [0.15, 0.2) is 30.6 Å². The first-order chi connectivity index (χ1) is 11.3. The molecule has 0 unspecified atom stereocenters. The normalized spacial score (nSPS) is 21.8. The Morgan fingerprint density at radius 2 is 2.13 bits per heavy atom. The molecule has 0 radical (unpaired) electrons. The Morgan fingerprint density at radius 3 is 2.83 bits per heavy atom. The molecular formula is C17H19N5O. The maximum atomic E-state index is 8.85. The van der Waals surface area contributed by atoms with Gasteiger partial charge in [-0.2, -0.15) is 10.4 Å². The van der Waals surface area contributed by atoms with Crippen LogP contribution in [-0.2, 0) is 13.1 Å². The van der Waals surface area contributed by atoms with Crippen LogP contribution in [0.5, 0.6) is 5.88 Å². The summed E-state index contributed by atoms with van der Waals surface area (Å²) in [5, 5.41) is 13.3. The van der Waals surface area contributed by atoms with Crippen molar-refractivity contribution in [2.75, 3.05) is 6.54 Å². The molecule has 6 heteroatoms. The monoisotopic (exact) mass is 309 g/mol. The van der Waals surface area contributed by atoms with E-state index in [9.17, 15) is 0 Å². The maximum Gasteiger partial charge on any atom is 0.213 e. The van der Waals surface area contributed by atoms with Gasteiger partial charge in [-0.25, -0.2) is 4.98 Å². The standard InChI is InChI=1S/C17H19N5O/c18-8-13-4-5-17(19-9-13)23-16-11-21(14-2-1-3-14)10-15-6-7-20-22(15)12-16/h4-7,9,14,16H,1-3,10-12H2/t16-/m0/s1. The summed E-state index contributed by atoms with van der Waals surface area (Å²) >= 11 is 0. The lowest BCUT2D eigenvalue weighted by Gasteiger charge is -2.37. The first-order valence-corrected chi connectivity index (χ1v) is 8.09. The maximum absolute atomic E-state index is 8.85. The van der Waals surface area contributed by atoms with E-state index in [2.05, 4.69) is 27.1 Å². The summed E-state index contributed by atoms with van der Waals surface area (Å²) in [7, 11) is 0. The van der Waals surface area contributed by atoms with Gasteiger partial charge in [0.2, 0.25) is 5.88 Å². The summed E-state index contributed by atoms with van der Waals surface area (Å²) in [5.74, 6) is 0.568. The third-order valence-electron chi connectivity index (χ3n) is 4.73. The van der Waals surface area contributed by atoms with E-state index < -0.39 is 0 Å². The van der Waals surface area contributed by atoms with Crippen molar-refractivity contribution in [1.82, 2.24) is 19.7 Å². The molecule has 1 atom stereocenters. The van der Waals surface area contributed by atoms with Crippen molar-refractivity contribution < 1.29 is 4.74 Å². The molecule has 4 rings (SSSR count). The second-order valence-electron chi connectivity index (χ2n) is 6.26. The third kappa shape index (κ3) is 2.92. The Morgan fingerprint density at radius 1 is 1.22 bits per heavy atom. The first kappa shape index (κ1) is 14.2. The Kier molecular flexibility index (Phi) is 3.72. The Hall–Kier alpha value is -2.39. The molecule has 23 heavy (non-hydrogen) atoms. The van der Waals surface area contributed by atoms with Gasteiger partial charge in [0, 0.05) is 37.6 Å². The van der Waals surface area contributed by atoms with Gasteiger partial charge in [0.1, 0.15) is 12.2 Å². The van der Waals surface area contributed by atoms with Gasteiger partial charge in [0.25, 0.3) is 0 Å². The lowest BCUT2D eigenvalue weighted by Crippen LogP contribution is -2.44. The quantitative estimate of drug-likeness (QED) is 0.867. The zero-order valence-electron chi connectivity index (χ0n) is 12.9. The molecule has 1 fully saturated rings. The van der Waals surface area contributed by atoms with Crippen molar-refractivity contribution in [2.45, 2.75) is 44.5 Å². The average Bonchev–Trinajstić information content (AvgIpc) is 2.86. The van der Waals surface area contributed by atoms with E-state index >= 15 is 0 Å². The van der Waals surface area contributed by atoms with Crippen LogP contribution >= 0.6 is 0 Å². The molecule has 1 saturated carbocycles. The highest BCUT2D eigenvalue weighted by Gasteiger charge is 2.31. The van der Waals surface area contributed by atoms with E-state index in [4.69, 9.17) is 10.00 Å². The summed E-state index contributed by atoms with van der Waals surface area (Å²) < 4.78 is 8.12. The molecule has 2 aromatic heterocycles. The molecule has 3 heterocycles. The smallest absolute Gasteiger partial charge is 0.213 e. The number of nitriles is 1. The predicted octanol–water partition coefficient (Wildman–Crippen LogP) is 1.97. The van der Waals surface area contributed by atoms with E-state index in [0.717, 1.165) is 19.6 Å². The van der Waals surface area contributed by atoms with Crippen LogP contribution in [0.2, 0.25) is 0 Å². The van der Waals surface area contributed by atoms with Gasteiger partial charge in [-0.05, 0) is 25.0 Å². The highest BCUT2D eigenvalue weighted by molar-refractivity contribution is 5.28. The summed E-state index contributed by atoms with van der Waals surface area (Å²) in [6.45, 7) is 2.55. The summed E-state index contributed by atoms with van der Waals surface area (Å²) in [5.41, 5.74) is 1.79. The fourth-order valence-corrected chi connectivity index (χ4v) is 3.24. The fourth-order valence-electron chi connectivity index (χ4n) is 3.24. The number of ether oxygens (including phenoxy) is 1. The molecular weight excluding hydrogens is 290 g/mol. The predicted molar refractivity (Wildman–Crippen MR) is 83.6 cm³/mol. The summed E-state index contributed by atoms with van der Waals surface area (Å²) in [6.07, 6.45) is 7.29. The summed E-state index contributed by atoms with van der Waals surface area (Å²) in [6, 6.07) is 8.33. The second-order valence-corrected chi connectivity index (χ2v) is 6.26. The number of aromatic nitrogens is 3. The van der Waals surface area contributed by atoms with Gasteiger partial charge in [0.05, 0.1) is 17.8 Å². The van der Waals surface area contributed by atoms with Crippen molar-refractivity contribution in [3.05, 3.63) is 41.9 Å². The van der Waals surface area contributed by atoms with Gasteiger partial charge in [-0.15, -0.1) is 0 Å². The minimum Gasteiger partial charge on any atom is -0.471 e. The molecule has 118 valence electrons. The van der Waals surface area contributed by atoms with Crippen LogP contribution in [0.3, 0.4) is 0 Å². The Labute approximate surface area is 135 Å². The molecule has 1 aliphatic carbocycles. The van der Waals surface area contributed by atoms with E-state index in [1.165, 1.54) is 25.0 Å². The number of hydrogen-bond acceptors (Lipinski definition) is 5. The van der Waals surface area contributed by atoms with Crippen LogP contribution in [0, 0.1) is 11.3 Å². The minimum atomic E-state index is 0.0113. The number of nitrogens with zero attached hydrogens (tertiary/aromatic N) is 5. The van der Waals surface area contributed by atoms with Crippen LogP contribution < -0.4 is 4.74 Å². The van der Waals surface area contributed by atoms with Crippen LogP contribution in [0.25, 0.3) is 0 Å². The van der Waals surface area contributed by atoms with Gasteiger partial charge >= 0.3 is 0 Å². The van der Waals surface area contributed by atoms with Gasteiger partial charge in [0.15, 0.2) is 0 Å². The van der Waals surface area contributed by atoms with E-state index in [0.29, 0.717) is 17.5 Å². The van der Waals surface area contributed by atoms with Crippen molar-refractivity contribution in [1.29, 1.82) is 5.26 Å². The van der Waals surface area contributed by atoms with Crippen molar-refractivity contribution in [2.24, 2.45) is 0 Å². The first-order valence-electron chi connectivity index (χ1n) is 8.09. The summed E-state index contributed by atoms with van der Waals surface area (Å²) in [4.78, 5) is 6.74. The fraction of sp³-hybridized carbons (Fsp3) is 0.471. The lowest BCUT2D eigenvalue weighted by molar-refractivity contribution is 0.0653. The lowest BCUT2D eigenvalue weighted by atomic mass is 9.91. The molecule has 0 amide bonds. The van der Waals surface area contributed by atoms with Gasteiger partial charge in [-0.1, -0.05) is 6.42 Å². The van der Waals surface area contributed by atoms with Gasteiger partial charge < -0.3 is 4.74 Å². The van der Waals surface area contributed by atoms with Crippen molar-refractivity contribution in [3.8, 4) is 11.9 Å². The molecule has 0 bridgehead atoms. The Bertz CT molecular complexity index is 713. The molecule has 0 spiro atoms. The van der Waals surface area contributed by atoms with Gasteiger partial charge in [-0.3, -0.25) is 9.58 Å². The van der Waals surface area contributed by atoms with Crippen LogP contribution in [0.1, 0.15) is 30.5 Å². The average molecular weight is 309 g/mol. The molecule has 6 nitrogen and oxygen atoms in total. The number of rotatable bonds is 3. The molecule has 1 aliphatic heterocycles. The van der Waals surface area contributed by atoms with Crippen molar-refractivity contribution >= 4 is 0 Å². The third-order valence-corrected chi connectivity index (χ3v) is 4.73. The SMILES string of the molecule is N#Cc1ccc(O[C@H]2CN(C3CCC3)Cc3ccnn3C2)nc1. The highest BCUT2D eigenvalue weighted by Crippen LogP contribution is 2.28. The molecule has 2 aliphatic rings. The Balaban J connectivity index is 1.53. The number of fused-ring (bicyclic) bond motifs is 1. The van der Waals surface area contributed by atoms with E-state index in [-0.39, 0.29) is 6.10 Å². The van der Waals surface area contributed by atoms with Crippen molar-refractivity contribution in [3.63, 3.8) is 0 Å². The second kappa shape index (κ2) is 6.01. The molecule has 0 aromatic carbocycles. The topological polar surface area (TPSA) is 67.0 Å². The largest absolute Gasteiger partial charge is 0.471 e. The minimum absolute atomic E-state index is 0.0113. The number of hydrogen-bond donors (Lipinski definition) is 0. The zero-order chi connectivity index (χ0) is 15.6. The highest BCUT2D eigenvalue weighted by atomic mass is 16.5.